The van der Waals surface area contributed by atoms with Gasteiger partial charge in [0.25, 0.3) is 11.8 Å². The number of hydrogen-bond donors (Lipinski definition) is 0. The molecule has 0 saturated heterocycles. The van der Waals surface area contributed by atoms with Crippen molar-refractivity contribution in [1.29, 1.82) is 0 Å². The van der Waals surface area contributed by atoms with Crippen molar-refractivity contribution in [3.05, 3.63) is 48.3 Å². The van der Waals surface area contributed by atoms with Crippen LogP contribution in [-0.4, -0.2) is 9.97 Å². The predicted octanol–water partition coefficient (Wildman–Crippen LogP) is 3.78. The molecular formula is C14H7FN2O2. The van der Waals surface area contributed by atoms with Crippen molar-refractivity contribution < 1.29 is 13.2 Å². The fourth-order valence-electron chi connectivity index (χ4n) is 1.96. The van der Waals surface area contributed by atoms with Crippen LogP contribution in [0.1, 0.15) is 0 Å². The summed E-state index contributed by atoms with van der Waals surface area (Å²) in [6.45, 7) is 0. The van der Waals surface area contributed by atoms with E-state index in [0.29, 0.717) is 16.7 Å². The van der Waals surface area contributed by atoms with E-state index in [9.17, 15) is 4.39 Å². The molecule has 0 aliphatic rings. The SMILES string of the molecule is Fc1ccc2oc(-c3nc4ccccc4o3)nc2c1. The molecule has 4 aromatic rings. The number of rotatable bonds is 1. The van der Waals surface area contributed by atoms with Crippen molar-refractivity contribution in [3.63, 3.8) is 0 Å². The molecule has 0 atom stereocenters. The van der Waals surface area contributed by atoms with Crippen LogP contribution >= 0.6 is 0 Å². The fourth-order valence-corrected chi connectivity index (χ4v) is 1.96. The van der Waals surface area contributed by atoms with Gasteiger partial charge < -0.3 is 8.83 Å². The molecule has 0 fully saturated rings. The second-order valence-electron chi connectivity index (χ2n) is 4.12. The lowest BCUT2D eigenvalue weighted by Crippen LogP contribution is -1.76. The minimum absolute atomic E-state index is 0.247. The zero-order chi connectivity index (χ0) is 12.8. The van der Waals surface area contributed by atoms with E-state index in [2.05, 4.69) is 9.97 Å². The molecule has 92 valence electrons. The van der Waals surface area contributed by atoms with E-state index in [1.807, 2.05) is 24.3 Å². The molecule has 0 aliphatic carbocycles. The van der Waals surface area contributed by atoms with Crippen LogP contribution in [0.2, 0.25) is 0 Å². The lowest BCUT2D eigenvalue weighted by molar-refractivity contribution is 0.550. The van der Waals surface area contributed by atoms with Crippen LogP contribution in [-0.2, 0) is 0 Å². The molecule has 0 unspecified atom stereocenters. The predicted molar refractivity (Wildman–Crippen MR) is 67.0 cm³/mol. The van der Waals surface area contributed by atoms with Crippen LogP contribution < -0.4 is 0 Å². The van der Waals surface area contributed by atoms with Crippen LogP contribution in [0.15, 0.2) is 51.3 Å². The standard InChI is InChI=1S/C14H7FN2O2/c15-8-5-6-12-10(7-8)17-14(19-12)13-16-9-3-1-2-4-11(9)18-13/h1-7H. The van der Waals surface area contributed by atoms with Crippen LogP contribution in [0.4, 0.5) is 4.39 Å². The summed E-state index contributed by atoms with van der Waals surface area (Å²) in [5, 5.41) is 0. The molecule has 2 heterocycles. The van der Waals surface area contributed by atoms with E-state index in [0.717, 1.165) is 5.52 Å². The van der Waals surface area contributed by atoms with Gasteiger partial charge in [-0.3, -0.25) is 0 Å². The van der Waals surface area contributed by atoms with Gasteiger partial charge in [-0.1, -0.05) is 12.1 Å². The number of para-hydroxylation sites is 2. The van der Waals surface area contributed by atoms with Gasteiger partial charge in [0.2, 0.25) is 0 Å². The normalized spacial score (nSPS) is 11.4. The molecule has 2 aromatic heterocycles. The van der Waals surface area contributed by atoms with Gasteiger partial charge in [0.1, 0.15) is 16.9 Å². The largest absolute Gasteiger partial charge is 0.432 e. The zero-order valence-electron chi connectivity index (χ0n) is 9.63. The maximum atomic E-state index is 13.1. The Bertz CT molecular complexity index is 862. The van der Waals surface area contributed by atoms with Crippen molar-refractivity contribution in [3.8, 4) is 11.8 Å². The molecule has 0 N–H and O–H groups in total. The van der Waals surface area contributed by atoms with E-state index in [4.69, 9.17) is 8.83 Å². The Kier molecular flexibility index (Phi) is 1.97. The van der Waals surface area contributed by atoms with Crippen molar-refractivity contribution in [2.75, 3.05) is 0 Å². The van der Waals surface area contributed by atoms with Gasteiger partial charge >= 0.3 is 0 Å². The van der Waals surface area contributed by atoms with Gasteiger partial charge in [0, 0.05) is 6.07 Å². The molecule has 0 amide bonds. The monoisotopic (exact) mass is 254 g/mol. The summed E-state index contributed by atoms with van der Waals surface area (Å²) in [5.41, 5.74) is 2.33. The Balaban J connectivity index is 1.93. The second kappa shape index (κ2) is 3.65. The van der Waals surface area contributed by atoms with Gasteiger partial charge in [-0.2, -0.15) is 0 Å². The van der Waals surface area contributed by atoms with E-state index in [1.54, 1.807) is 0 Å². The summed E-state index contributed by atoms with van der Waals surface area (Å²) in [4.78, 5) is 8.46. The molecule has 4 nitrogen and oxygen atoms in total. The number of oxazole rings is 2. The summed E-state index contributed by atoms with van der Waals surface area (Å²) in [7, 11) is 0. The number of hydrogen-bond acceptors (Lipinski definition) is 4. The average molecular weight is 254 g/mol. The van der Waals surface area contributed by atoms with Gasteiger partial charge in [0.15, 0.2) is 11.2 Å². The van der Waals surface area contributed by atoms with Crippen molar-refractivity contribution in [2.45, 2.75) is 0 Å². The highest BCUT2D eigenvalue weighted by Gasteiger charge is 2.15. The fraction of sp³-hybridized carbons (Fsp3) is 0. The highest BCUT2D eigenvalue weighted by atomic mass is 19.1. The minimum atomic E-state index is -0.357. The molecule has 0 saturated carbocycles. The molecule has 0 bridgehead atoms. The molecule has 2 aromatic carbocycles. The average Bonchev–Trinajstić information content (AvgIpc) is 3.00. The van der Waals surface area contributed by atoms with Gasteiger partial charge in [-0.25, -0.2) is 14.4 Å². The number of benzene rings is 2. The second-order valence-corrected chi connectivity index (χ2v) is 4.12. The quantitative estimate of drug-likeness (QED) is 0.518. The maximum absolute atomic E-state index is 13.1. The van der Waals surface area contributed by atoms with Crippen LogP contribution in [0, 0.1) is 5.82 Å². The molecule has 4 rings (SSSR count). The third-order valence-electron chi connectivity index (χ3n) is 2.83. The Labute approximate surface area is 106 Å². The highest BCUT2D eigenvalue weighted by Crippen LogP contribution is 2.26. The first-order valence-corrected chi connectivity index (χ1v) is 5.72. The first-order chi connectivity index (χ1) is 9.29. The lowest BCUT2D eigenvalue weighted by atomic mass is 10.3. The van der Waals surface area contributed by atoms with Crippen molar-refractivity contribution >= 4 is 22.2 Å². The van der Waals surface area contributed by atoms with E-state index < -0.39 is 0 Å². The molecule has 19 heavy (non-hydrogen) atoms. The van der Waals surface area contributed by atoms with E-state index >= 15 is 0 Å². The summed E-state index contributed by atoms with van der Waals surface area (Å²) >= 11 is 0. The smallest absolute Gasteiger partial charge is 0.284 e. The third kappa shape index (κ3) is 1.59. The molecule has 0 aliphatic heterocycles. The molecule has 0 spiro atoms. The van der Waals surface area contributed by atoms with Gasteiger partial charge in [-0.05, 0) is 24.3 Å². The first-order valence-electron chi connectivity index (χ1n) is 5.72. The van der Waals surface area contributed by atoms with Gasteiger partial charge in [-0.15, -0.1) is 0 Å². The molecule has 0 radical (unpaired) electrons. The van der Waals surface area contributed by atoms with Crippen molar-refractivity contribution in [1.82, 2.24) is 9.97 Å². The topological polar surface area (TPSA) is 52.1 Å². The number of nitrogens with zero attached hydrogens (tertiary/aromatic N) is 2. The van der Waals surface area contributed by atoms with Crippen LogP contribution in [0.25, 0.3) is 34.0 Å². The molecular weight excluding hydrogens is 247 g/mol. The summed E-state index contributed by atoms with van der Waals surface area (Å²) in [6.07, 6.45) is 0. The van der Waals surface area contributed by atoms with E-state index in [-0.39, 0.29) is 17.6 Å². The Morgan fingerprint density at radius 2 is 1.47 bits per heavy atom. The minimum Gasteiger partial charge on any atom is -0.432 e. The maximum Gasteiger partial charge on any atom is 0.284 e. The molecule has 5 heteroatoms. The third-order valence-corrected chi connectivity index (χ3v) is 2.83. The van der Waals surface area contributed by atoms with Gasteiger partial charge in [0.05, 0.1) is 0 Å². The number of halogens is 1. The first kappa shape index (κ1) is 10.3. The number of fused-ring (bicyclic) bond motifs is 2. The van der Waals surface area contributed by atoms with Crippen LogP contribution in [0.5, 0.6) is 0 Å². The van der Waals surface area contributed by atoms with Crippen LogP contribution in [0.3, 0.4) is 0 Å². The lowest BCUT2D eigenvalue weighted by Gasteiger charge is -1.84. The Morgan fingerprint density at radius 3 is 2.26 bits per heavy atom. The Morgan fingerprint density at radius 1 is 0.789 bits per heavy atom. The zero-order valence-corrected chi connectivity index (χ0v) is 9.63. The highest BCUT2D eigenvalue weighted by molar-refractivity contribution is 5.78. The number of aromatic nitrogens is 2. The summed E-state index contributed by atoms with van der Waals surface area (Å²) < 4.78 is 24.2. The Hall–Kier alpha value is -2.69. The summed E-state index contributed by atoms with van der Waals surface area (Å²) in [5.74, 6) is 0.180. The van der Waals surface area contributed by atoms with E-state index in [1.165, 1.54) is 18.2 Å². The summed E-state index contributed by atoms with van der Waals surface area (Å²) in [6, 6.07) is 11.5. The van der Waals surface area contributed by atoms with Crippen molar-refractivity contribution in [2.24, 2.45) is 0 Å².